The number of hydrogen-bond donors (Lipinski definition) is 1. The molecule has 2 aliphatic rings. The van der Waals surface area contributed by atoms with Gasteiger partial charge in [-0.25, -0.2) is 12.7 Å². The molecular formula is C19H29N3O3S. The molecule has 1 aromatic rings. The number of carbonyl (C=O) groups is 1. The summed E-state index contributed by atoms with van der Waals surface area (Å²) in [7, 11) is -3.23. The van der Waals surface area contributed by atoms with Crippen molar-refractivity contribution in [2.75, 3.05) is 42.1 Å². The van der Waals surface area contributed by atoms with Crippen molar-refractivity contribution in [3.05, 3.63) is 24.3 Å². The third-order valence-corrected chi connectivity index (χ3v) is 7.22. The number of benzene rings is 1. The van der Waals surface area contributed by atoms with Gasteiger partial charge in [0.2, 0.25) is 15.9 Å². The van der Waals surface area contributed by atoms with Crippen LogP contribution in [0.5, 0.6) is 0 Å². The zero-order chi connectivity index (χ0) is 18.6. The zero-order valence-corrected chi connectivity index (χ0v) is 16.3. The van der Waals surface area contributed by atoms with E-state index in [1.54, 1.807) is 6.92 Å². The van der Waals surface area contributed by atoms with Crippen LogP contribution >= 0.6 is 0 Å². The predicted molar refractivity (Wildman–Crippen MR) is 105 cm³/mol. The minimum atomic E-state index is -3.23. The van der Waals surface area contributed by atoms with Crippen molar-refractivity contribution in [3.8, 4) is 0 Å². The Labute approximate surface area is 156 Å². The number of anilines is 2. The topological polar surface area (TPSA) is 69.7 Å². The van der Waals surface area contributed by atoms with Crippen molar-refractivity contribution >= 4 is 27.3 Å². The van der Waals surface area contributed by atoms with E-state index in [1.807, 2.05) is 12.1 Å². The number of rotatable bonds is 5. The average Bonchev–Trinajstić information content (AvgIpc) is 2.69. The van der Waals surface area contributed by atoms with Crippen LogP contribution in [0.15, 0.2) is 24.3 Å². The molecule has 2 heterocycles. The minimum Gasteiger partial charge on any atom is -0.372 e. The van der Waals surface area contributed by atoms with E-state index in [1.165, 1.54) is 29.3 Å². The molecule has 0 saturated carbocycles. The Hall–Kier alpha value is -1.60. The lowest BCUT2D eigenvalue weighted by Gasteiger charge is -2.31. The summed E-state index contributed by atoms with van der Waals surface area (Å²) in [5.74, 6) is -0.294. The van der Waals surface area contributed by atoms with Crippen LogP contribution in [0.4, 0.5) is 11.4 Å². The van der Waals surface area contributed by atoms with E-state index in [2.05, 4.69) is 22.3 Å². The molecule has 0 bridgehead atoms. The maximum Gasteiger partial charge on any atom is 0.228 e. The quantitative estimate of drug-likeness (QED) is 0.854. The van der Waals surface area contributed by atoms with Gasteiger partial charge in [0, 0.05) is 37.6 Å². The summed E-state index contributed by atoms with van der Waals surface area (Å²) < 4.78 is 25.6. The number of sulfonamides is 1. The first kappa shape index (κ1) is 19.2. The van der Waals surface area contributed by atoms with E-state index >= 15 is 0 Å². The Morgan fingerprint density at radius 1 is 1.08 bits per heavy atom. The maximum atomic E-state index is 12.6. The molecular weight excluding hydrogens is 350 g/mol. The molecule has 2 fully saturated rings. The van der Waals surface area contributed by atoms with Gasteiger partial charge in [-0.1, -0.05) is 0 Å². The lowest BCUT2D eigenvalue weighted by Crippen LogP contribution is -2.44. The summed E-state index contributed by atoms with van der Waals surface area (Å²) >= 11 is 0. The molecule has 2 aliphatic heterocycles. The van der Waals surface area contributed by atoms with Crippen LogP contribution in [0, 0.1) is 5.92 Å². The van der Waals surface area contributed by atoms with Crippen molar-refractivity contribution < 1.29 is 13.2 Å². The second-order valence-corrected chi connectivity index (χ2v) is 9.44. The molecule has 2 saturated heterocycles. The molecule has 6 nitrogen and oxygen atoms in total. The highest BCUT2D eigenvalue weighted by Gasteiger charge is 2.31. The summed E-state index contributed by atoms with van der Waals surface area (Å²) in [6.07, 6.45) is 5.23. The van der Waals surface area contributed by atoms with Gasteiger partial charge < -0.3 is 10.2 Å². The van der Waals surface area contributed by atoms with Gasteiger partial charge in [0.1, 0.15) is 0 Å². The van der Waals surface area contributed by atoms with Gasteiger partial charge >= 0.3 is 0 Å². The van der Waals surface area contributed by atoms with Gasteiger partial charge in [0.15, 0.2) is 0 Å². The third kappa shape index (κ3) is 4.57. The lowest BCUT2D eigenvalue weighted by molar-refractivity contribution is -0.120. The van der Waals surface area contributed by atoms with Crippen LogP contribution < -0.4 is 10.2 Å². The molecule has 0 aliphatic carbocycles. The zero-order valence-electron chi connectivity index (χ0n) is 15.5. The normalized spacial score (nSPS) is 22.2. The van der Waals surface area contributed by atoms with Crippen LogP contribution in [0.1, 0.15) is 39.0 Å². The Kier molecular flexibility index (Phi) is 6.19. The Balaban J connectivity index is 1.59. The third-order valence-electron chi connectivity index (χ3n) is 5.37. The van der Waals surface area contributed by atoms with E-state index in [4.69, 9.17) is 0 Å². The molecule has 0 radical (unpaired) electrons. The van der Waals surface area contributed by atoms with Gasteiger partial charge in [-0.3, -0.25) is 4.79 Å². The molecule has 1 aromatic carbocycles. The summed E-state index contributed by atoms with van der Waals surface area (Å²) in [6.45, 7) is 4.63. The molecule has 7 heteroatoms. The van der Waals surface area contributed by atoms with Gasteiger partial charge in [-0.15, -0.1) is 0 Å². The monoisotopic (exact) mass is 379 g/mol. The number of hydrogen-bond acceptors (Lipinski definition) is 4. The number of piperidine rings is 2. The smallest absolute Gasteiger partial charge is 0.228 e. The first-order valence-electron chi connectivity index (χ1n) is 9.63. The SMILES string of the molecule is CCS(=O)(=O)N1CCC[C@H](C(=O)Nc2ccc(N3CCCCC3)cc2)C1. The van der Waals surface area contributed by atoms with E-state index in [0.717, 1.165) is 31.6 Å². The fourth-order valence-corrected chi connectivity index (χ4v) is 4.92. The molecule has 144 valence electrons. The van der Waals surface area contributed by atoms with Crippen molar-refractivity contribution in [2.45, 2.75) is 39.0 Å². The summed E-state index contributed by atoms with van der Waals surface area (Å²) in [6, 6.07) is 7.97. The molecule has 0 unspecified atom stereocenters. The minimum absolute atomic E-state index is 0.0826. The van der Waals surface area contributed by atoms with Crippen molar-refractivity contribution in [3.63, 3.8) is 0 Å². The van der Waals surface area contributed by atoms with Crippen LogP contribution in [-0.2, 0) is 14.8 Å². The number of nitrogens with zero attached hydrogens (tertiary/aromatic N) is 2. The second-order valence-electron chi connectivity index (χ2n) is 7.18. The highest BCUT2D eigenvalue weighted by atomic mass is 32.2. The summed E-state index contributed by atoms with van der Waals surface area (Å²) in [5, 5.41) is 2.95. The molecule has 1 amide bonds. The lowest BCUT2D eigenvalue weighted by atomic mass is 9.98. The molecule has 3 rings (SSSR count). The van der Waals surface area contributed by atoms with Gasteiger partial charge in [0.05, 0.1) is 11.7 Å². The van der Waals surface area contributed by atoms with Gasteiger partial charge in [-0.05, 0) is 63.3 Å². The van der Waals surface area contributed by atoms with E-state index < -0.39 is 10.0 Å². The van der Waals surface area contributed by atoms with Crippen LogP contribution in [0.3, 0.4) is 0 Å². The fraction of sp³-hybridized carbons (Fsp3) is 0.632. The first-order chi connectivity index (χ1) is 12.5. The molecule has 0 aromatic heterocycles. The van der Waals surface area contributed by atoms with Crippen LogP contribution in [0.2, 0.25) is 0 Å². The maximum absolute atomic E-state index is 12.6. The van der Waals surface area contributed by atoms with Gasteiger partial charge in [0.25, 0.3) is 0 Å². The van der Waals surface area contributed by atoms with Crippen LogP contribution in [0.25, 0.3) is 0 Å². The van der Waals surface area contributed by atoms with E-state index in [0.29, 0.717) is 6.54 Å². The average molecular weight is 380 g/mol. The van der Waals surface area contributed by atoms with Gasteiger partial charge in [-0.2, -0.15) is 0 Å². The highest BCUT2D eigenvalue weighted by molar-refractivity contribution is 7.89. The van der Waals surface area contributed by atoms with Crippen molar-refractivity contribution in [1.29, 1.82) is 0 Å². The van der Waals surface area contributed by atoms with Crippen molar-refractivity contribution in [2.24, 2.45) is 5.92 Å². The van der Waals surface area contributed by atoms with E-state index in [-0.39, 0.29) is 24.1 Å². The molecule has 1 atom stereocenters. The largest absolute Gasteiger partial charge is 0.372 e. The second kappa shape index (κ2) is 8.39. The highest BCUT2D eigenvalue weighted by Crippen LogP contribution is 2.24. The number of amides is 1. The van der Waals surface area contributed by atoms with E-state index in [9.17, 15) is 13.2 Å². The number of nitrogens with one attached hydrogen (secondary N) is 1. The first-order valence-corrected chi connectivity index (χ1v) is 11.2. The Morgan fingerprint density at radius 3 is 2.42 bits per heavy atom. The molecule has 1 N–H and O–H groups in total. The Morgan fingerprint density at radius 2 is 1.77 bits per heavy atom. The Bertz CT molecular complexity index is 712. The standard InChI is InChI=1S/C19H29N3O3S/c1-2-26(24,25)22-14-6-7-16(15-22)19(23)20-17-8-10-18(11-9-17)21-12-4-3-5-13-21/h8-11,16H,2-7,12-15H2,1H3,(H,20,23)/t16-/m0/s1. The van der Waals surface area contributed by atoms with Crippen molar-refractivity contribution in [1.82, 2.24) is 4.31 Å². The predicted octanol–water partition coefficient (Wildman–Crippen LogP) is 2.68. The summed E-state index contributed by atoms with van der Waals surface area (Å²) in [4.78, 5) is 15.0. The fourth-order valence-electron chi connectivity index (χ4n) is 3.74. The molecule has 26 heavy (non-hydrogen) atoms. The molecule has 0 spiro atoms. The number of carbonyl (C=O) groups excluding carboxylic acids is 1. The van der Waals surface area contributed by atoms with Crippen LogP contribution in [-0.4, -0.2) is 50.6 Å². The summed E-state index contributed by atoms with van der Waals surface area (Å²) in [5.41, 5.74) is 1.96.